The highest BCUT2D eigenvalue weighted by Crippen LogP contribution is 2.37. The predicted molar refractivity (Wildman–Crippen MR) is 139 cm³/mol. The molecule has 3 N–H and O–H groups in total. The molecule has 0 spiro atoms. The summed E-state index contributed by atoms with van der Waals surface area (Å²) >= 11 is 14.0. The number of hydrogen-bond donors (Lipinski definition) is 3. The van der Waals surface area contributed by atoms with Crippen LogP contribution in [0.15, 0.2) is 47.4 Å². The first kappa shape index (κ1) is 23.1. The van der Waals surface area contributed by atoms with E-state index in [1.807, 2.05) is 0 Å². The van der Waals surface area contributed by atoms with Gasteiger partial charge in [-0.3, -0.25) is 0 Å². The smallest absolute Gasteiger partial charge is 0.226 e. The largest absolute Gasteiger partial charge is 0.354 e. The monoisotopic (exact) mass is 534 g/mol. The van der Waals surface area contributed by atoms with Crippen LogP contribution in [0.4, 0.5) is 28.3 Å². The minimum Gasteiger partial charge on any atom is -0.354 e. The molecular weight excluding hydrogens is 515 g/mol. The fourth-order valence-corrected chi connectivity index (χ4v) is 5.21. The number of nitrogens with one attached hydrogen (secondary N) is 3. The van der Waals surface area contributed by atoms with Crippen LogP contribution in [0.3, 0.4) is 0 Å². The lowest BCUT2D eigenvalue weighted by Crippen LogP contribution is -2.08. The van der Waals surface area contributed by atoms with E-state index in [1.165, 1.54) is 30.4 Å². The number of para-hydroxylation sites is 1. The van der Waals surface area contributed by atoms with Crippen LogP contribution in [0.1, 0.15) is 12.8 Å². The lowest BCUT2D eigenvalue weighted by Gasteiger charge is -2.10. The molecule has 0 aliphatic heterocycles. The lowest BCUT2D eigenvalue weighted by molar-refractivity contribution is 0.602. The molecule has 1 aliphatic carbocycles. The Morgan fingerprint density at radius 2 is 1.71 bits per heavy atom. The fourth-order valence-electron chi connectivity index (χ4n) is 3.25. The van der Waals surface area contributed by atoms with E-state index in [9.17, 15) is 8.42 Å². The van der Waals surface area contributed by atoms with E-state index in [2.05, 4.69) is 30.9 Å². The van der Waals surface area contributed by atoms with Crippen molar-refractivity contribution < 1.29 is 8.42 Å². The molecule has 0 atom stereocenters. The number of hydrogen-bond acceptors (Lipinski definition) is 9. The molecule has 0 unspecified atom stereocenters. The van der Waals surface area contributed by atoms with Crippen LogP contribution < -0.4 is 16.0 Å². The normalized spacial score (nSPS) is 13.7. The van der Waals surface area contributed by atoms with Crippen LogP contribution in [0.2, 0.25) is 10.0 Å². The number of halogens is 2. The van der Waals surface area contributed by atoms with E-state index in [0.717, 1.165) is 6.54 Å². The highest BCUT2D eigenvalue weighted by atomic mass is 35.5. The zero-order valence-corrected chi connectivity index (χ0v) is 21.1. The molecule has 1 aliphatic rings. The van der Waals surface area contributed by atoms with Crippen LogP contribution in [0, 0.1) is 5.92 Å². The van der Waals surface area contributed by atoms with E-state index >= 15 is 0 Å². The van der Waals surface area contributed by atoms with Crippen molar-refractivity contribution in [3.63, 3.8) is 0 Å². The molecule has 0 amide bonds. The van der Waals surface area contributed by atoms with Gasteiger partial charge >= 0.3 is 0 Å². The number of rotatable bonds is 8. The third-order valence-corrected chi connectivity index (χ3v) is 7.87. The number of benzene rings is 2. The Kier molecular flexibility index (Phi) is 6.24. The van der Waals surface area contributed by atoms with Gasteiger partial charge in [-0.1, -0.05) is 40.6 Å². The Morgan fingerprint density at radius 3 is 2.35 bits per heavy atom. The van der Waals surface area contributed by atoms with E-state index in [0.29, 0.717) is 54.6 Å². The number of nitrogens with zero attached hydrogens (tertiary/aromatic N) is 3. The Hall–Kier alpha value is -2.66. The standard InChI is InChI=1S/C22H20Cl2N6O2S2/c1-34(31,32)14-9-7-13(8-10-14)26-19-18-20(30-21(29-19)25-11-12-5-6-12)33-22(28-18)27-17-15(23)3-2-4-16(17)24/h2-4,7-10,12H,5-6,11H2,1H3,(H,27,28)(H2,25,26,29,30). The van der Waals surface area contributed by atoms with E-state index < -0.39 is 9.84 Å². The summed E-state index contributed by atoms with van der Waals surface area (Å²) in [5.74, 6) is 1.66. The van der Waals surface area contributed by atoms with Gasteiger partial charge in [-0.15, -0.1) is 0 Å². The molecule has 0 bridgehead atoms. The molecule has 12 heteroatoms. The average Bonchev–Trinajstić information content (AvgIpc) is 3.53. The second-order valence-corrected chi connectivity index (χ2v) is 11.8. The molecule has 2 aromatic heterocycles. The first-order chi connectivity index (χ1) is 16.3. The quantitative estimate of drug-likeness (QED) is 0.248. The molecule has 0 saturated heterocycles. The summed E-state index contributed by atoms with van der Waals surface area (Å²) in [6.07, 6.45) is 3.59. The van der Waals surface area contributed by atoms with Gasteiger partial charge in [-0.2, -0.15) is 9.97 Å². The number of fused-ring (bicyclic) bond motifs is 1. The van der Waals surface area contributed by atoms with Crippen LogP contribution in [-0.2, 0) is 9.84 Å². The molecule has 2 heterocycles. The van der Waals surface area contributed by atoms with Gasteiger partial charge in [0.15, 0.2) is 25.6 Å². The number of sulfone groups is 1. The SMILES string of the molecule is CS(=O)(=O)c1ccc(Nc2nc(NCC3CC3)nc3sc(Nc4c(Cl)cccc4Cl)nc23)cc1. The van der Waals surface area contributed by atoms with Gasteiger partial charge in [-0.05, 0) is 55.2 Å². The zero-order chi connectivity index (χ0) is 23.9. The first-order valence-electron chi connectivity index (χ1n) is 10.5. The van der Waals surface area contributed by atoms with Crippen molar-refractivity contribution in [3.05, 3.63) is 52.5 Å². The summed E-state index contributed by atoms with van der Waals surface area (Å²) in [5, 5.41) is 11.3. The van der Waals surface area contributed by atoms with Gasteiger partial charge in [0.1, 0.15) is 5.52 Å². The highest BCUT2D eigenvalue weighted by Gasteiger charge is 2.22. The van der Waals surface area contributed by atoms with Gasteiger partial charge < -0.3 is 16.0 Å². The third-order valence-electron chi connectivity index (χ3n) is 5.24. The molecular formula is C22H20Cl2N6O2S2. The molecule has 0 radical (unpaired) electrons. The van der Waals surface area contributed by atoms with Crippen molar-refractivity contribution in [2.45, 2.75) is 17.7 Å². The molecule has 5 rings (SSSR count). The van der Waals surface area contributed by atoms with E-state index in [1.54, 1.807) is 42.5 Å². The molecule has 34 heavy (non-hydrogen) atoms. The maximum atomic E-state index is 11.8. The molecule has 4 aromatic rings. The topological polar surface area (TPSA) is 109 Å². The van der Waals surface area contributed by atoms with Gasteiger partial charge in [0, 0.05) is 18.5 Å². The van der Waals surface area contributed by atoms with Crippen LogP contribution in [0.25, 0.3) is 10.3 Å². The zero-order valence-electron chi connectivity index (χ0n) is 18.0. The Balaban J connectivity index is 1.50. The minimum absolute atomic E-state index is 0.245. The van der Waals surface area contributed by atoms with Crippen molar-refractivity contribution in [1.29, 1.82) is 0 Å². The van der Waals surface area contributed by atoms with Crippen LogP contribution >= 0.6 is 34.5 Å². The van der Waals surface area contributed by atoms with Gasteiger partial charge in [-0.25, -0.2) is 13.4 Å². The molecule has 176 valence electrons. The molecule has 2 aromatic carbocycles. The van der Waals surface area contributed by atoms with Crippen molar-refractivity contribution in [2.75, 3.05) is 28.8 Å². The van der Waals surface area contributed by atoms with Crippen molar-refractivity contribution in [2.24, 2.45) is 5.92 Å². The predicted octanol–water partition coefficient (Wildman–Crippen LogP) is 6.11. The second kappa shape index (κ2) is 9.18. The van der Waals surface area contributed by atoms with Crippen LogP contribution in [-0.4, -0.2) is 36.2 Å². The number of aromatic nitrogens is 3. The highest BCUT2D eigenvalue weighted by molar-refractivity contribution is 7.90. The van der Waals surface area contributed by atoms with Gasteiger partial charge in [0.25, 0.3) is 0 Å². The summed E-state index contributed by atoms with van der Waals surface area (Å²) in [5.41, 5.74) is 1.81. The summed E-state index contributed by atoms with van der Waals surface area (Å²) < 4.78 is 23.5. The van der Waals surface area contributed by atoms with E-state index in [-0.39, 0.29) is 4.90 Å². The van der Waals surface area contributed by atoms with Gasteiger partial charge in [0.05, 0.1) is 20.6 Å². The lowest BCUT2D eigenvalue weighted by atomic mass is 10.3. The van der Waals surface area contributed by atoms with Crippen molar-refractivity contribution in [3.8, 4) is 0 Å². The Labute approximate surface area is 210 Å². The van der Waals surface area contributed by atoms with Crippen molar-refractivity contribution in [1.82, 2.24) is 15.0 Å². The summed E-state index contributed by atoms with van der Waals surface area (Å²) in [6.45, 7) is 0.813. The molecule has 1 saturated carbocycles. The maximum Gasteiger partial charge on any atom is 0.226 e. The summed E-state index contributed by atoms with van der Waals surface area (Å²) in [6, 6.07) is 11.7. The fraction of sp³-hybridized carbons (Fsp3) is 0.227. The van der Waals surface area contributed by atoms with Gasteiger partial charge in [0.2, 0.25) is 5.95 Å². The van der Waals surface area contributed by atoms with Crippen molar-refractivity contribution >= 4 is 83.0 Å². The van der Waals surface area contributed by atoms with Crippen LogP contribution in [0.5, 0.6) is 0 Å². The Morgan fingerprint density at radius 1 is 1.00 bits per heavy atom. The molecule has 1 fully saturated rings. The number of anilines is 5. The number of thiazole rings is 1. The summed E-state index contributed by atoms with van der Waals surface area (Å²) in [4.78, 5) is 14.9. The van der Waals surface area contributed by atoms with E-state index in [4.69, 9.17) is 23.2 Å². The summed E-state index contributed by atoms with van der Waals surface area (Å²) in [7, 11) is -3.28. The molecule has 8 nitrogen and oxygen atoms in total. The Bertz CT molecular complexity index is 1450. The minimum atomic E-state index is -3.28. The first-order valence-corrected chi connectivity index (χ1v) is 13.9. The average molecular weight is 535 g/mol. The maximum absolute atomic E-state index is 11.8. The third kappa shape index (κ3) is 5.20. The second-order valence-electron chi connectivity index (χ2n) is 8.04.